The fourth-order valence-electron chi connectivity index (χ4n) is 1.19. The summed E-state index contributed by atoms with van der Waals surface area (Å²) in [5.41, 5.74) is -13.0. The molecule has 0 aromatic heterocycles. The predicted octanol–water partition coefficient (Wildman–Crippen LogP) is 3.33. The first kappa shape index (κ1) is 23.4. The van der Waals surface area contributed by atoms with Crippen molar-refractivity contribution >= 4 is 45.3 Å². The molecule has 27 heavy (non-hydrogen) atoms. The summed E-state index contributed by atoms with van der Waals surface area (Å²) in [6, 6.07) is 1.88. The highest BCUT2D eigenvalue weighted by atomic mass is 35.7. The Hall–Kier alpha value is -1.66. The Labute approximate surface area is 151 Å². The molecule has 1 rings (SSSR count). The topological polar surface area (TPSA) is 136 Å². The normalized spacial score (nSPS) is 13.9. The maximum Gasteiger partial charge on any atom is 0.519 e. The zero-order valence-electron chi connectivity index (χ0n) is 12.0. The Bertz CT molecular complexity index is 1030. The van der Waals surface area contributed by atoms with Gasteiger partial charge in [0.2, 0.25) is 0 Å². The van der Waals surface area contributed by atoms with Crippen molar-refractivity contribution < 1.29 is 48.1 Å². The van der Waals surface area contributed by atoms with Gasteiger partial charge in [-0.25, -0.2) is 0 Å². The highest BCUT2D eigenvalue weighted by Gasteiger charge is 2.49. The average molecular weight is 484 g/mol. The fourth-order valence-corrected chi connectivity index (χ4v) is 7.11. The summed E-state index contributed by atoms with van der Waals surface area (Å²) >= 11 is 0. The molecule has 0 saturated carbocycles. The van der Waals surface area contributed by atoms with E-state index in [9.17, 15) is 53.3 Å². The van der Waals surface area contributed by atoms with Crippen molar-refractivity contribution in [2.45, 2.75) is 15.9 Å². The molecule has 0 radical (unpaired) electrons. The molecule has 0 unspecified atom stereocenters. The largest absolute Gasteiger partial charge is 0.519 e. The maximum atomic E-state index is 12.5. The Balaban J connectivity index is 3.99. The molecular formula is C8H4ClF6N3O6S3. The molecule has 1 aromatic rings. The minimum absolute atomic E-state index is 0.422. The number of nitro benzene ring substituents is 1. The molecular weight excluding hydrogens is 480 g/mol. The van der Waals surface area contributed by atoms with E-state index in [1.807, 2.05) is 7.54 Å². The van der Waals surface area contributed by atoms with Crippen LogP contribution in [0.2, 0.25) is 0 Å². The monoisotopic (exact) mass is 483 g/mol. The molecule has 9 nitrogen and oxygen atoms in total. The van der Waals surface area contributed by atoms with Crippen molar-refractivity contribution in [3.63, 3.8) is 0 Å². The lowest BCUT2D eigenvalue weighted by atomic mass is 10.3. The number of alkyl halides is 6. The van der Waals surface area contributed by atoms with Gasteiger partial charge < -0.3 is 0 Å². The van der Waals surface area contributed by atoms with Gasteiger partial charge in [0.05, 0.1) is 13.8 Å². The van der Waals surface area contributed by atoms with Crippen molar-refractivity contribution in [3.8, 4) is 0 Å². The molecule has 0 spiro atoms. The van der Waals surface area contributed by atoms with Crippen molar-refractivity contribution in [2.75, 3.05) is 0 Å². The van der Waals surface area contributed by atoms with Gasteiger partial charge in [-0.2, -0.15) is 43.2 Å². The summed E-state index contributed by atoms with van der Waals surface area (Å²) in [6.07, 6.45) is 0. The van der Waals surface area contributed by atoms with E-state index in [1.54, 1.807) is 0 Å². The molecule has 19 heteroatoms. The minimum atomic E-state index is -6.58. The molecule has 154 valence electrons. The number of halogens is 7. The Morgan fingerprint density at radius 1 is 0.852 bits per heavy atom. The highest BCUT2D eigenvalue weighted by Crippen LogP contribution is 2.34. The number of hydrogen-bond acceptors (Lipinski definition) is 6. The smallest absolute Gasteiger partial charge is 0.258 e. The van der Waals surface area contributed by atoms with Gasteiger partial charge in [-0.15, -0.1) is 7.54 Å². The van der Waals surface area contributed by atoms with Crippen LogP contribution in [0.15, 0.2) is 36.7 Å². The molecule has 0 aliphatic rings. The predicted molar refractivity (Wildman–Crippen MR) is 79.4 cm³/mol. The van der Waals surface area contributed by atoms with Crippen molar-refractivity contribution in [1.82, 2.24) is 0 Å². The summed E-state index contributed by atoms with van der Waals surface area (Å²) in [4.78, 5) is 8.47. The number of sulfonamides is 2. The lowest BCUT2D eigenvalue weighted by Crippen LogP contribution is -2.24. The SMILES string of the molecule is O=[N+]([O-])c1ccc(S(Cl)(=NS(=O)(=O)C(F)(F)F)=NS(=O)(=O)C(F)(F)F)cc1. The number of benzene rings is 1. The van der Waals surface area contributed by atoms with Gasteiger partial charge >= 0.3 is 31.1 Å². The number of hydrogen-bond donors (Lipinski definition) is 0. The van der Waals surface area contributed by atoms with Gasteiger partial charge in [0.25, 0.3) is 5.69 Å². The van der Waals surface area contributed by atoms with Gasteiger partial charge in [0.15, 0.2) is 0 Å². The first-order valence-electron chi connectivity index (χ1n) is 5.71. The fraction of sp³-hybridized carbons (Fsp3) is 0.250. The minimum Gasteiger partial charge on any atom is -0.258 e. The van der Waals surface area contributed by atoms with Crippen LogP contribution in [0.3, 0.4) is 0 Å². The van der Waals surface area contributed by atoms with E-state index in [0.29, 0.717) is 24.3 Å². The summed E-state index contributed by atoms with van der Waals surface area (Å²) in [5, 5.41) is 10.5. The second kappa shape index (κ2) is 7.06. The molecule has 1 aromatic carbocycles. The first-order valence-corrected chi connectivity index (χ1v) is 11.0. The summed E-state index contributed by atoms with van der Waals surface area (Å²) in [6.45, 7) is 0. The van der Waals surface area contributed by atoms with Crippen LogP contribution in [0.4, 0.5) is 32.0 Å². The zero-order valence-corrected chi connectivity index (χ0v) is 15.2. The highest BCUT2D eigenvalue weighted by molar-refractivity contribution is 8.23. The zero-order chi connectivity index (χ0) is 21.5. The van der Waals surface area contributed by atoms with Crippen molar-refractivity contribution in [2.24, 2.45) is 7.54 Å². The third-order valence-corrected chi connectivity index (χ3v) is 9.07. The Kier molecular flexibility index (Phi) is 6.11. The molecule has 0 aliphatic carbocycles. The van der Waals surface area contributed by atoms with E-state index in [0.717, 1.165) is 0 Å². The standard InChI is InChI=1S/C8H4ClF6N3O6S3/c9-25(16-26(21,22)7(10,11)12,17-27(23,24)8(13,14)15)6-3-1-5(2-4-6)18(19)20/h1-4H. The van der Waals surface area contributed by atoms with E-state index in [1.165, 1.54) is 0 Å². The van der Waals surface area contributed by atoms with Gasteiger partial charge in [0.1, 0.15) is 0 Å². The maximum absolute atomic E-state index is 12.5. The van der Waals surface area contributed by atoms with Crippen molar-refractivity contribution in [1.29, 1.82) is 0 Å². The lowest BCUT2D eigenvalue weighted by molar-refractivity contribution is -0.384. The summed E-state index contributed by atoms with van der Waals surface area (Å²) in [7, 11) is -12.8. The van der Waals surface area contributed by atoms with Gasteiger partial charge in [0, 0.05) is 17.0 Å². The van der Waals surface area contributed by atoms with Gasteiger partial charge in [-0.3, -0.25) is 10.1 Å². The molecule has 0 bridgehead atoms. The van der Waals surface area contributed by atoms with Crippen LogP contribution in [0.1, 0.15) is 0 Å². The first-order chi connectivity index (χ1) is 11.8. The third kappa shape index (κ3) is 5.20. The number of non-ortho nitro benzene ring substituents is 1. The Morgan fingerprint density at radius 3 is 1.44 bits per heavy atom. The number of nitrogens with zero attached hydrogens (tertiary/aromatic N) is 3. The molecule has 0 fully saturated rings. The van der Waals surface area contributed by atoms with Crippen LogP contribution in [-0.4, -0.2) is 32.8 Å². The molecule has 0 heterocycles. The van der Waals surface area contributed by atoms with Crippen LogP contribution in [0.25, 0.3) is 0 Å². The Morgan fingerprint density at radius 2 is 1.19 bits per heavy atom. The lowest BCUT2D eigenvalue weighted by Gasteiger charge is -2.11. The van der Waals surface area contributed by atoms with Crippen LogP contribution in [0.5, 0.6) is 0 Å². The molecule has 0 aliphatic heterocycles. The van der Waals surface area contributed by atoms with E-state index in [2.05, 4.69) is 0 Å². The van der Waals surface area contributed by atoms with Crippen LogP contribution in [0, 0.1) is 10.1 Å². The number of rotatable bonds is 4. The third-order valence-electron chi connectivity index (χ3n) is 2.33. The second-order valence-corrected chi connectivity index (χ2v) is 11.0. The second-order valence-electron chi connectivity index (χ2n) is 4.22. The quantitative estimate of drug-likeness (QED) is 0.366. The van der Waals surface area contributed by atoms with Gasteiger partial charge in [-0.1, -0.05) is 0 Å². The average Bonchev–Trinajstić information content (AvgIpc) is 2.43. The number of nitro groups is 1. The van der Waals surface area contributed by atoms with E-state index in [-0.39, 0.29) is 0 Å². The van der Waals surface area contributed by atoms with E-state index in [4.69, 9.17) is 10.7 Å². The molecule has 0 amide bonds. The van der Waals surface area contributed by atoms with Crippen LogP contribution in [-0.2, 0) is 28.9 Å². The summed E-state index contributed by atoms with van der Waals surface area (Å²) < 4.78 is 124. The summed E-state index contributed by atoms with van der Waals surface area (Å²) in [5.74, 6) is 0. The van der Waals surface area contributed by atoms with Crippen LogP contribution >= 0.6 is 10.7 Å². The van der Waals surface area contributed by atoms with Crippen molar-refractivity contribution in [3.05, 3.63) is 34.4 Å². The molecule has 0 saturated heterocycles. The van der Waals surface area contributed by atoms with Gasteiger partial charge in [-0.05, 0) is 22.8 Å². The van der Waals surface area contributed by atoms with E-state index < -0.39 is 55.4 Å². The molecule has 0 atom stereocenters. The van der Waals surface area contributed by atoms with E-state index >= 15 is 0 Å². The molecule has 0 N–H and O–H groups in total. The van der Waals surface area contributed by atoms with Crippen LogP contribution < -0.4 is 0 Å².